The van der Waals surface area contributed by atoms with Gasteiger partial charge in [0.1, 0.15) is 0 Å². The van der Waals surface area contributed by atoms with E-state index in [4.69, 9.17) is 0 Å². The van der Waals surface area contributed by atoms with Crippen molar-refractivity contribution < 1.29 is 0 Å². The first kappa shape index (κ1) is 14.3. The van der Waals surface area contributed by atoms with Crippen molar-refractivity contribution in [1.29, 1.82) is 0 Å². The highest BCUT2D eigenvalue weighted by atomic mass is 15.0. The fourth-order valence-corrected chi connectivity index (χ4v) is 3.76. The molecule has 1 aliphatic carbocycles. The molecule has 2 rings (SSSR count). The molecule has 2 nitrogen and oxygen atoms in total. The van der Waals surface area contributed by atoms with E-state index < -0.39 is 0 Å². The van der Waals surface area contributed by atoms with Gasteiger partial charge in [-0.2, -0.15) is 0 Å². The summed E-state index contributed by atoms with van der Waals surface area (Å²) in [5, 5.41) is 7.32. The Morgan fingerprint density at radius 1 is 1.22 bits per heavy atom. The van der Waals surface area contributed by atoms with E-state index >= 15 is 0 Å². The fraction of sp³-hybridized carbons (Fsp3) is 1.00. The molecule has 2 fully saturated rings. The van der Waals surface area contributed by atoms with Gasteiger partial charge in [-0.15, -0.1) is 0 Å². The molecule has 1 saturated carbocycles. The highest BCUT2D eigenvalue weighted by molar-refractivity contribution is 5.17. The third kappa shape index (κ3) is 2.60. The highest BCUT2D eigenvalue weighted by Gasteiger charge is 2.64. The Balaban J connectivity index is 1.67. The zero-order valence-corrected chi connectivity index (χ0v) is 13.0. The van der Waals surface area contributed by atoms with Crippen LogP contribution in [-0.4, -0.2) is 25.7 Å². The van der Waals surface area contributed by atoms with Crippen LogP contribution in [0.3, 0.4) is 0 Å². The van der Waals surface area contributed by atoms with Gasteiger partial charge >= 0.3 is 0 Å². The van der Waals surface area contributed by atoms with Crippen LogP contribution in [-0.2, 0) is 0 Å². The first-order valence-corrected chi connectivity index (χ1v) is 7.81. The second-order valence-electron chi connectivity index (χ2n) is 7.70. The summed E-state index contributed by atoms with van der Waals surface area (Å²) in [7, 11) is 0. The maximum absolute atomic E-state index is 3.79. The lowest BCUT2D eigenvalue weighted by molar-refractivity contribution is 0.265. The van der Waals surface area contributed by atoms with Gasteiger partial charge in [-0.25, -0.2) is 0 Å². The minimum absolute atomic E-state index is 0.475. The van der Waals surface area contributed by atoms with E-state index in [9.17, 15) is 0 Å². The molecule has 2 aliphatic rings. The quantitative estimate of drug-likeness (QED) is 0.786. The Kier molecular flexibility index (Phi) is 4.08. The summed E-state index contributed by atoms with van der Waals surface area (Å²) >= 11 is 0. The molecule has 0 spiro atoms. The average Bonchev–Trinajstić information content (AvgIpc) is 2.72. The van der Waals surface area contributed by atoms with Crippen molar-refractivity contribution in [2.24, 2.45) is 22.7 Å². The average molecular weight is 252 g/mol. The molecule has 2 atom stereocenters. The Morgan fingerprint density at radius 3 is 2.39 bits per heavy atom. The molecule has 0 bridgehead atoms. The van der Waals surface area contributed by atoms with E-state index in [1.807, 2.05) is 0 Å². The van der Waals surface area contributed by atoms with Gasteiger partial charge in [0, 0.05) is 6.04 Å². The number of hydrogen-bond acceptors (Lipinski definition) is 2. The monoisotopic (exact) mass is 252 g/mol. The molecule has 2 heteroatoms. The van der Waals surface area contributed by atoms with Crippen LogP contribution in [0.2, 0.25) is 0 Å². The van der Waals surface area contributed by atoms with Crippen LogP contribution in [0.5, 0.6) is 0 Å². The molecule has 0 radical (unpaired) electrons. The van der Waals surface area contributed by atoms with Gasteiger partial charge in [-0.05, 0) is 61.6 Å². The molecule has 18 heavy (non-hydrogen) atoms. The summed E-state index contributed by atoms with van der Waals surface area (Å²) in [6, 6.07) is 0.710. The zero-order valence-electron chi connectivity index (χ0n) is 13.0. The van der Waals surface area contributed by atoms with Crippen molar-refractivity contribution >= 4 is 0 Å². The first-order valence-electron chi connectivity index (χ1n) is 7.81. The Labute approximate surface area is 113 Å². The second kappa shape index (κ2) is 5.13. The van der Waals surface area contributed by atoms with Crippen LogP contribution in [0, 0.1) is 22.7 Å². The summed E-state index contributed by atoms with van der Waals surface area (Å²) in [6.45, 7) is 15.6. The van der Waals surface area contributed by atoms with Crippen molar-refractivity contribution in [3.63, 3.8) is 0 Å². The number of nitrogens with one attached hydrogen (secondary N) is 2. The lowest BCUT2D eigenvalue weighted by Crippen LogP contribution is -2.34. The van der Waals surface area contributed by atoms with Crippen molar-refractivity contribution in [2.45, 2.75) is 59.9 Å². The number of rotatable bonds is 5. The largest absolute Gasteiger partial charge is 0.316 e. The predicted molar refractivity (Wildman–Crippen MR) is 78.7 cm³/mol. The van der Waals surface area contributed by atoms with Gasteiger partial charge < -0.3 is 10.6 Å². The predicted octanol–water partition coefficient (Wildman–Crippen LogP) is 3.04. The van der Waals surface area contributed by atoms with Crippen molar-refractivity contribution in [3.8, 4) is 0 Å². The molecule has 2 N–H and O–H groups in total. The van der Waals surface area contributed by atoms with E-state index in [1.54, 1.807) is 0 Å². The van der Waals surface area contributed by atoms with Crippen molar-refractivity contribution in [2.75, 3.05) is 19.6 Å². The molecular formula is C16H32N2. The van der Waals surface area contributed by atoms with Gasteiger partial charge in [0.15, 0.2) is 0 Å². The molecule has 106 valence electrons. The molecular weight excluding hydrogens is 220 g/mol. The maximum Gasteiger partial charge on any atom is 0.0181 e. The van der Waals surface area contributed by atoms with Gasteiger partial charge in [0.05, 0.1) is 0 Å². The summed E-state index contributed by atoms with van der Waals surface area (Å²) in [5.74, 6) is 1.76. The summed E-state index contributed by atoms with van der Waals surface area (Å²) < 4.78 is 0. The standard InChI is InChI=1S/C16H32N2/c1-12(13-7-6-9-17-11-13)8-10-18-14-15(2,3)16(14,4)5/h12-14,17-18H,6-11H2,1-5H3. The number of piperidine rings is 1. The van der Waals surface area contributed by atoms with Crippen LogP contribution in [0.15, 0.2) is 0 Å². The molecule has 1 aliphatic heterocycles. The fourth-order valence-electron chi connectivity index (χ4n) is 3.76. The van der Waals surface area contributed by atoms with Gasteiger partial charge in [-0.1, -0.05) is 34.6 Å². The SMILES string of the molecule is CC(CCNC1C(C)(C)C1(C)C)C1CCCNC1. The second-order valence-corrected chi connectivity index (χ2v) is 7.70. The third-order valence-electron chi connectivity index (χ3n) is 6.11. The van der Waals surface area contributed by atoms with Crippen molar-refractivity contribution in [3.05, 3.63) is 0 Å². The molecule has 0 aromatic rings. The molecule has 2 unspecified atom stereocenters. The van der Waals surface area contributed by atoms with E-state index in [0.29, 0.717) is 16.9 Å². The summed E-state index contributed by atoms with van der Waals surface area (Å²) in [4.78, 5) is 0. The van der Waals surface area contributed by atoms with Crippen LogP contribution < -0.4 is 10.6 Å². The van der Waals surface area contributed by atoms with E-state index in [0.717, 1.165) is 11.8 Å². The smallest absolute Gasteiger partial charge is 0.0181 e. The minimum atomic E-state index is 0.475. The van der Waals surface area contributed by atoms with Gasteiger partial charge in [0.25, 0.3) is 0 Å². The topological polar surface area (TPSA) is 24.1 Å². The Morgan fingerprint density at radius 2 is 1.89 bits per heavy atom. The molecule has 0 aromatic carbocycles. The molecule has 1 heterocycles. The van der Waals surface area contributed by atoms with Gasteiger partial charge in [0.2, 0.25) is 0 Å². The summed E-state index contributed by atoms with van der Waals surface area (Å²) in [5.41, 5.74) is 0.950. The normalized spacial score (nSPS) is 32.2. The number of hydrogen-bond donors (Lipinski definition) is 2. The van der Waals surface area contributed by atoms with Crippen molar-refractivity contribution in [1.82, 2.24) is 10.6 Å². The van der Waals surface area contributed by atoms with Gasteiger partial charge in [-0.3, -0.25) is 0 Å². The highest BCUT2D eigenvalue weighted by Crippen LogP contribution is 2.62. The molecule has 1 saturated heterocycles. The van der Waals surface area contributed by atoms with Crippen LogP contribution in [0.4, 0.5) is 0 Å². The lowest BCUT2D eigenvalue weighted by Gasteiger charge is -2.28. The van der Waals surface area contributed by atoms with Crippen LogP contribution >= 0.6 is 0 Å². The zero-order chi connectivity index (χ0) is 13.4. The van der Waals surface area contributed by atoms with Crippen LogP contribution in [0.25, 0.3) is 0 Å². The maximum atomic E-state index is 3.79. The van der Waals surface area contributed by atoms with E-state index in [1.165, 1.54) is 38.9 Å². The molecule has 0 amide bonds. The minimum Gasteiger partial charge on any atom is -0.316 e. The van der Waals surface area contributed by atoms with Crippen LogP contribution in [0.1, 0.15) is 53.9 Å². The lowest BCUT2D eigenvalue weighted by atomic mass is 9.85. The first-order chi connectivity index (χ1) is 8.37. The Bertz CT molecular complexity index is 263. The molecule has 0 aromatic heterocycles. The Hall–Kier alpha value is -0.0800. The summed E-state index contributed by atoms with van der Waals surface area (Å²) in [6.07, 6.45) is 4.12. The third-order valence-corrected chi connectivity index (χ3v) is 6.11. The van der Waals surface area contributed by atoms with E-state index in [2.05, 4.69) is 45.3 Å². The van der Waals surface area contributed by atoms with E-state index in [-0.39, 0.29) is 0 Å².